The van der Waals surface area contributed by atoms with Crippen LogP contribution in [0.25, 0.3) is 0 Å². The Hall–Kier alpha value is -2.27. The number of hydrogen-bond donors (Lipinski definition) is 1. The van der Waals surface area contributed by atoms with Crippen LogP contribution in [0.2, 0.25) is 0 Å². The van der Waals surface area contributed by atoms with Crippen molar-refractivity contribution < 1.29 is 30.0 Å². The predicted molar refractivity (Wildman–Crippen MR) is 94.4 cm³/mol. The van der Waals surface area contributed by atoms with Crippen LogP contribution in [0.15, 0.2) is 53.4 Å². The fourth-order valence-electron chi connectivity index (χ4n) is 2.68. The second kappa shape index (κ2) is 6.71. The molecule has 2 aromatic carbocycles. The number of halogens is 3. The Morgan fingerprint density at radius 2 is 1.70 bits per heavy atom. The zero-order valence-electron chi connectivity index (χ0n) is 13.8. The van der Waals surface area contributed by atoms with Crippen LogP contribution in [0.5, 0.6) is 0 Å². The van der Waals surface area contributed by atoms with E-state index in [1.165, 1.54) is 28.6 Å². The summed E-state index contributed by atoms with van der Waals surface area (Å²) < 4.78 is 90.2. The lowest BCUT2D eigenvalue weighted by atomic mass is 10.2. The summed E-state index contributed by atoms with van der Waals surface area (Å²) in [4.78, 5) is -0.525. The van der Waals surface area contributed by atoms with Gasteiger partial charge in [0.25, 0.3) is 10.0 Å². The SMILES string of the molecule is O=S(=O)(Nc1ccc(N2CCCS2(=O)=O)cc1)c1cccc(C(F)(F)F)c1. The van der Waals surface area contributed by atoms with Crippen LogP contribution in [-0.2, 0) is 26.2 Å². The molecular weight excluding hydrogens is 405 g/mol. The summed E-state index contributed by atoms with van der Waals surface area (Å²) in [6.45, 7) is 0.345. The average Bonchev–Trinajstić information content (AvgIpc) is 2.94. The minimum Gasteiger partial charge on any atom is -0.280 e. The van der Waals surface area contributed by atoms with Gasteiger partial charge in [-0.2, -0.15) is 13.2 Å². The van der Waals surface area contributed by atoms with E-state index < -0.39 is 36.7 Å². The van der Waals surface area contributed by atoms with Crippen LogP contribution in [-0.4, -0.2) is 29.1 Å². The van der Waals surface area contributed by atoms with Crippen LogP contribution in [0.1, 0.15) is 12.0 Å². The summed E-state index contributed by atoms with van der Waals surface area (Å²) in [6.07, 6.45) is -4.15. The van der Waals surface area contributed by atoms with Gasteiger partial charge in [-0.05, 0) is 48.9 Å². The second-order valence-corrected chi connectivity index (χ2v) is 9.61. The van der Waals surface area contributed by atoms with E-state index in [1.807, 2.05) is 0 Å². The number of nitrogens with zero attached hydrogens (tertiary/aromatic N) is 1. The maximum Gasteiger partial charge on any atom is 0.416 e. The molecule has 1 aliphatic rings. The van der Waals surface area contributed by atoms with Crippen molar-refractivity contribution in [2.45, 2.75) is 17.5 Å². The molecule has 2 aromatic rings. The van der Waals surface area contributed by atoms with Crippen molar-refractivity contribution in [1.82, 2.24) is 0 Å². The van der Waals surface area contributed by atoms with Gasteiger partial charge in [0, 0.05) is 12.2 Å². The Morgan fingerprint density at radius 3 is 2.26 bits per heavy atom. The van der Waals surface area contributed by atoms with E-state index in [-0.39, 0.29) is 11.4 Å². The van der Waals surface area contributed by atoms with E-state index in [2.05, 4.69) is 4.72 Å². The van der Waals surface area contributed by atoms with Crippen molar-refractivity contribution in [3.63, 3.8) is 0 Å². The zero-order valence-corrected chi connectivity index (χ0v) is 15.4. The molecule has 0 aromatic heterocycles. The minimum atomic E-state index is -4.66. The molecule has 27 heavy (non-hydrogen) atoms. The number of benzene rings is 2. The van der Waals surface area contributed by atoms with Gasteiger partial charge in [0.2, 0.25) is 10.0 Å². The number of hydrogen-bond acceptors (Lipinski definition) is 4. The third-order valence-electron chi connectivity index (χ3n) is 3.98. The molecule has 1 N–H and O–H groups in total. The molecule has 0 bridgehead atoms. The van der Waals surface area contributed by atoms with Gasteiger partial charge in [-0.25, -0.2) is 16.8 Å². The Kier molecular flexibility index (Phi) is 4.85. The largest absolute Gasteiger partial charge is 0.416 e. The molecule has 0 atom stereocenters. The topological polar surface area (TPSA) is 83.6 Å². The van der Waals surface area contributed by atoms with Crippen LogP contribution in [0.4, 0.5) is 24.5 Å². The van der Waals surface area contributed by atoms with Gasteiger partial charge in [0.05, 0.1) is 21.9 Å². The molecule has 1 aliphatic heterocycles. The maximum absolute atomic E-state index is 12.8. The van der Waals surface area contributed by atoms with E-state index >= 15 is 0 Å². The van der Waals surface area contributed by atoms with Gasteiger partial charge in [-0.15, -0.1) is 0 Å². The lowest BCUT2D eigenvalue weighted by Gasteiger charge is -2.17. The molecular formula is C16H15F3N2O4S2. The van der Waals surface area contributed by atoms with Crippen LogP contribution in [0.3, 0.4) is 0 Å². The van der Waals surface area contributed by atoms with Crippen LogP contribution >= 0.6 is 0 Å². The molecule has 0 spiro atoms. The molecule has 3 rings (SSSR count). The first-order chi connectivity index (χ1) is 12.5. The normalized spacial score (nSPS) is 17.1. The molecule has 1 fully saturated rings. The Labute approximate surface area is 154 Å². The van der Waals surface area contributed by atoms with Gasteiger partial charge in [0.15, 0.2) is 0 Å². The molecule has 0 unspecified atom stereocenters. The predicted octanol–water partition coefficient (Wildman–Crippen LogP) is 3.05. The highest BCUT2D eigenvalue weighted by molar-refractivity contribution is 7.93. The van der Waals surface area contributed by atoms with Gasteiger partial charge < -0.3 is 0 Å². The number of alkyl halides is 3. The number of nitrogens with one attached hydrogen (secondary N) is 1. The van der Waals surface area contributed by atoms with Gasteiger partial charge in [-0.3, -0.25) is 9.03 Å². The molecule has 0 aliphatic carbocycles. The minimum absolute atomic E-state index is 0.0525. The molecule has 6 nitrogen and oxygen atoms in total. The quantitative estimate of drug-likeness (QED) is 0.824. The van der Waals surface area contributed by atoms with E-state index in [9.17, 15) is 30.0 Å². The molecule has 0 amide bonds. The molecule has 0 saturated carbocycles. The second-order valence-electron chi connectivity index (χ2n) is 5.92. The monoisotopic (exact) mass is 420 g/mol. The highest BCUT2D eigenvalue weighted by Crippen LogP contribution is 2.31. The van der Waals surface area contributed by atoms with E-state index in [0.29, 0.717) is 24.7 Å². The summed E-state index contributed by atoms with van der Waals surface area (Å²) >= 11 is 0. The van der Waals surface area contributed by atoms with Crippen molar-refractivity contribution in [1.29, 1.82) is 0 Å². The van der Waals surface area contributed by atoms with Crippen molar-refractivity contribution >= 4 is 31.4 Å². The summed E-state index contributed by atoms with van der Waals surface area (Å²) in [5.74, 6) is 0.0525. The molecule has 11 heteroatoms. The van der Waals surface area contributed by atoms with Crippen LogP contribution in [0, 0.1) is 0 Å². The summed E-state index contributed by atoms with van der Waals surface area (Å²) in [7, 11) is -7.59. The van der Waals surface area contributed by atoms with Gasteiger partial charge in [-0.1, -0.05) is 6.07 Å². The lowest BCUT2D eigenvalue weighted by Crippen LogP contribution is -2.25. The summed E-state index contributed by atoms with van der Waals surface area (Å²) in [5.41, 5.74) is -0.567. The fourth-order valence-corrected chi connectivity index (χ4v) is 5.35. The van der Waals surface area contributed by atoms with Gasteiger partial charge in [0.1, 0.15) is 0 Å². The maximum atomic E-state index is 12.8. The number of anilines is 2. The standard InChI is InChI=1S/C16H15F3N2O4S2/c17-16(18,19)12-3-1-4-15(11-12)27(24,25)20-13-5-7-14(8-6-13)21-9-2-10-26(21,22)23/h1,3-8,11,20H,2,9-10H2. The molecule has 146 valence electrons. The third kappa shape index (κ3) is 4.19. The highest BCUT2D eigenvalue weighted by Gasteiger charge is 2.32. The summed E-state index contributed by atoms with van der Waals surface area (Å²) in [6, 6.07) is 8.99. The van der Waals surface area contributed by atoms with E-state index in [1.54, 1.807) is 0 Å². The number of sulfonamides is 2. The Balaban J connectivity index is 1.83. The third-order valence-corrected chi connectivity index (χ3v) is 7.23. The smallest absolute Gasteiger partial charge is 0.280 e. The first-order valence-electron chi connectivity index (χ1n) is 7.80. The van der Waals surface area contributed by atoms with E-state index in [0.717, 1.165) is 18.2 Å². The average molecular weight is 420 g/mol. The highest BCUT2D eigenvalue weighted by atomic mass is 32.2. The lowest BCUT2D eigenvalue weighted by molar-refractivity contribution is -0.137. The molecule has 0 radical (unpaired) electrons. The van der Waals surface area contributed by atoms with Crippen molar-refractivity contribution in [3.05, 3.63) is 54.1 Å². The fraction of sp³-hybridized carbons (Fsp3) is 0.250. The van der Waals surface area contributed by atoms with Crippen molar-refractivity contribution in [2.75, 3.05) is 21.3 Å². The summed E-state index contributed by atoms with van der Waals surface area (Å²) in [5, 5.41) is 0. The first-order valence-corrected chi connectivity index (χ1v) is 10.9. The Bertz CT molecular complexity index is 1050. The zero-order chi connectivity index (χ0) is 19.9. The van der Waals surface area contributed by atoms with E-state index in [4.69, 9.17) is 0 Å². The van der Waals surface area contributed by atoms with Crippen molar-refractivity contribution in [3.8, 4) is 0 Å². The van der Waals surface area contributed by atoms with Gasteiger partial charge >= 0.3 is 6.18 Å². The van der Waals surface area contributed by atoms with Crippen LogP contribution < -0.4 is 9.03 Å². The van der Waals surface area contributed by atoms with Crippen molar-refractivity contribution in [2.24, 2.45) is 0 Å². The first kappa shape index (κ1) is 19.5. The molecule has 1 saturated heterocycles. The molecule has 1 heterocycles. The number of rotatable bonds is 4. The Morgan fingerprint density at radius 1 is 1.04 bits per heavy atom.